The van der Waals surface area contributed by atoms with Crippen molar-refractivity contribution in [2.75, 3.05) is 7.11 Å². The number of aliphatic hydroxyl groups excluding tert-OH is 2. The molecule has 0 aliphatic rings. The van der Waals surface area contributed by atoms with E-state index >= 15 is 0 Å². The first kappa shape index (κ1) is 22.1. The number of esters is 1. The van der Waals surface area contributed by atoms with Gasteiger partial charge < -0.3 is 14.9 Å². The third-order valence-electron chi connectivity index (χ3n) is 4.06. The van der Waals surface area contributed by atoms with Gasteiger partial charge in [-0.1, -0.05) is 64.0 Å². The van der Waals surface area contributed by atoms with Crippen molar-refractivity contribution in [3.8, 4) is 0 Å². The summed E-state index contributed by atoms with van der Waals surface area (Å²) in [5.41, 5.74) is 0. The maximum Gasteiger partial charge on any atom is 0.305 e. The number of rotatable bonds is 15. The molecule has 0 unspecified atom stereocenters. The molecule has 0 amide bonds. The van der Waals surface area contributed by atoms with Crippen LogP contribution in [0.15, 0.2) is 12.2 Å². The van der Waals surface area contributed by atoms with Gasteiger partial charge in [0.25, 0.3) is 0 Å². The predicted molar refractivity (Wildman–Crippen MR) is 94.2 cm³/mol. The lowest BCUT2D eigenvalue weighted by atomic mass is 10.0. The normalized spacial score (nSPS) is 14.1. The van der Waals surface area contributed by atoms with Crippen molar-refractivity contribution >= 4 is 5.97 Å². The number of carbonyl (C=O) groups excluding carboxylic acids is 1. The molecule has 0 saturated carbocycles. The zero-order chi connectivity index (χ0) is 17.3. The molecule has 0 aliphatic heterocycles. The van der Waals surface area contributed by atoms with E-state index in [1.54, 1.807) is 6.08 Å². The highest BCUT2D eigenvalue weighted by Gasteiger charge is 2.12. The zero-order valence-electron chi connectivity index (χ0n) is 15.0. The number of allylic oxidation sites excluding steroid dienone is 1. The van der Waals surface area contributed by atoms with Crippen LogP contribution in [0, 0.1) is 0 Å². The Morgan fingerprint density at radius 1 is 1.00 bits per heavy atom. The summed E-state index contributed by atoms with van der Waals surface area (Å²) in [6.07, 6.45) is 14.1. The van der Waals surface area contributed by atoms with Crippen molar-refractivity contribution in [3.05, 3.63) is 12.2 Å². The minimum atomic E-state index is -0.750. The van der Waals surface area contributed by atoms with E-state index in [9.17, 15) is 15.0 Å². The molecule has 23 heavy (non-hydrogen) atoms. The van der Waals surface area contributed by atoms with E-state index in [1.807, 2.05) is 6.08 Å². The van der Waals surface area contributed by atoms with Crippen molar-refractivity contribution < 1.29 is 19.7 Å². The van der Waals surface area contributed by atoms with Crippen LogP contribution in [-0.4, -0.2) is 35.5 Å². The van der Waals surface area contributed by atoms with Gasteiger partial charge >= 0.3 is 5.97 Å². The van der Waals surface area contributed by atoms with E-state index in [2.05, 4.69) is 11.7 Å². The fourth-order valence-corrected chi connectivity index (χ4v) is 2.48. The van der Waals surface area contributed by atoms with Gasteiger partial charge in [0.05, 0.1) is 19.3 Å². The molecule has 0 rings (SSSR count). The maximum atomic E-state index is 10.9. The molecule has 4 heteroatoms. The first-order valence-corrected chi connectivity index (χ1v) is 9.21. The van der Waals surface area contributed by atoms with E-state index < -0.39 is 12.2 Å². The Labute approximate surface area is 141 Å². The van der Waals surface area contributed by atoms with Crippen LogP contribution in [0.5, 0.6) is 0 Å². The Morgan fingerprint density at radius 2 is 1.65 bits per heavy atom. The summed E-state index contributed by atoms with van der Waals surface area (Å²) in [6.45, 7) is 2.19. The van der Waals surface area contributed by atoms with Crippen LogP contribution in [0.2, 0.25) is 0 Å². The molecule has 2 N–H and O–H groups in total. The Bertz CT molecular complexity index is 302. The Hall–Kier alpha value is -0.870. The van der Waals surface area contributed by atoms with E-state index in [4.69, 9.17) is 0 Å². The lowest BCUT2D eigenvalue weighted by molar-refractivity contribution is -0.140. The highest BCUT2D eigenvalue weighted by molar-refractivity contribution is 5.68. The van der Waals surface area contributed by atoms with Crippen molar-refractivity contribution in [2.45, 2.75) is 96.2 Å². The molecule has 0 aliphatic carbocycles. The van der Waals surface area contributed by atoms with E-state index in [1.165, 1.54) is 26.4 Å². The molecule has 0 aromatic heterocycles. The fourth-order valence-electron chi connectivity index (χ4n) is 2.48. The van der Waals surface area contributed by atoms with Crippen LogP contribution >= 0.6 is 0 Å². The van der Waals surface area contributed by atoms with Crippen LogP contribution in [-0.2, 0) is 9.53 Å². The van der Waals surface area contributed by atoms with Gasteiger partial charge in [-0.15, -0.1) is 0 Å². The van der Waals surface area contributed by atoms with Crippen molar-refractivity contribution in [3.63, 3.8) is 0 Å². The second-order valence-corrected chi connectivity index (χ2v) is 6.22. The highest BCUT2D eigenvalue weighted by Crippen LogP contribution is 2.12. The van der Waals surface area contributed by atoms with Crippen LogP contribution in [0.25, 0.3) is 0 Å². The first-order chi connectivity index (χ1) is 11.1. The summed E-state index contributed by atoms with van der Waals surface area (Å²) in [5, 5.41) is 19.8. The number of ether oxygens (including phenoxy) is 1. The number of methoxy groups -OCH3 is 1. The monoisotopic (exact) mass is 328 g/mol. The van der Waals surface area contributed by atoms with Crippen molar-refractivity contribution in [1.29, 1.82) is 0 Å². The smallest absolute Gasteiger partial charge is 0.305 e. The van der Waals surface area contributed by atoms with Crippen LogP contribution in [0.1, 0.15) is 84.0 Å². The highest BCUT2D eigenvalue weighted by atomic mass is 16.5. The number of aliphatic hydroxyl groups is 2. The number of unbranched alkanes of at least 4 members (excludes halogenated alkanes) is 8. The van der Waals surface area contributed by atoms with Gasteiger partial charge in [0.15, 0.2) is 0 Å². The van der Waals surface area contributed by atoms with Gasteiger partial charge in [0.2, 0.25) is 0 Å². The molecule has 0 saturated heterocycles. The summed E-state index contributed by atoms with van der Waals surface area (Å²) in [7, 11) is 1.41. The van der Waals surface area contributed by atoms with E-state index in [0.29, 0.717) is 12.8 Å². The van der Waals surface area contributed by atoms with Gasteiger partial charge in [-0.2, -0.15) is 0 Å². The van der Waals surface area contributed by atoms with Gasteiger partial charge in [-0.05, 0) is 25.7 Å². The van der Waals surface area contributed by atoms with Crippen LogP contribution in [0.3, 0.4) is 0 Å². The predicted octanol–water partition coefficient (Wildman–Crippen LogP) is 4.14. The third-order valence-corrected chi connectivity index (χ3v) is 4.06. The molecule has 136 valence electrons. The molecular formula is C19H36O4. The number of hydrogen-bond acceptors (Lipinski definition) is 4. The molecule has 0 heterocycles. The van der Waals surface area contributed by atoms with Gasteiger partial charge in [-0.3, -0.25) is 4.79 Å². The summed E-state index contributed by atoms with van der Waals surface area (Å²) in [6, 6.07) is 0. The lowest BCUT2D eigenvalue weighted by Gasteiger charge is -2.14. The molecule has 0 radical (unpaired) electrons. The standard InChI is InChI=1S/C19H36O4/c1-3-4-5-6-8-11-14-17(20)18(21)15-12-9-7-10-13-16-19(22)23-2/h11,14,17-18,20-21H,3-10,12-13,15-16H2,1-2H3/b14-11+/t17-,18-/m1/s1. The van der Waals surface area contributed by atoms with E-state index in [0.717, 1.165) is 44.9 Å². The van der Waals surface area contributed by atoms with Crippen LogP contribution < -0.4 is 0 Å². The Morgan fingerprint density at radius 3 is 2.35 bits per heavy atom. The molecule has 0 fully saturated rings. The van der Waals surface area contributed by atoms with Crippen molar-refractivity contribution in [2.24, 2.45) is 0 Å². The van der Waals surface area contributed by atoms with Gasteiger partial charge in [0.1, 0.15) is 0 Å². The van der Waals surface area contributed by atoms with Crippen LogP contribution in [0.4, 0.5) is 0 Å². The summed E-state index contributed by atoms with van der Waals surface area (Å²) in [5.74, 6) is -0.148. The van der Waals surface area contributed by atoms with E-state index in [-0.39, 0.29) is 5.97 Å². The minimum absolute atomic E-state index is 0.148. The van der Waals surface area contributed by atoms with Gasteiger partial charge in [-0.25, -0.2) is 0 Å². The largest absolute Gasteiger partial charge is 0.469 e. The zero-order valence-corrected chi connectivity index (χ0v) is 15.0. The molecule has 0 bridgehead atoms. The SMILES string of the molecule is CCCCCC/C=C/[C@@H](O)[C@H](O)CCCCCCCC(=O)OC. The van der Waals surface area contributed by atoms with Gasteiger partial charge in [0, 0.05) is 6.42 Å². The molecule has 2 atom stereocenters. The average molecular weight is 328 g/mol. The molecule has 0 aromatic rings. The number of hydrogen-bond donors (Lipinski definition) is 2. The summed E-state index contributed by atoms with van der Waals surface area (Å²) >= 11 is 0. The minimum Gasteiger partial charge on any atom is -0.469 e. The Kier molecular flexibility index (Phi) is 15.4. The molecule has 4 nitrogen and oxygen atoms in total. The summed E-state index contributed by atoms with van der Waals surface area (Å²) in [4.78, 5) is 10.9. The summed E-state index contributed by atoms with van der Waals surface area (Å²) < 4.78 is 4.59. The first-order valence-electron chi connectivity index (χ1n) is 9.21. The molecule has 0 spiro atoms. The third kappa shape index (κ3) is 14.5. The van der Waals surface area contributed by atoms with Crippen molar-refractivity contribution in [1.82, 2.24) is 0 Å². The second-order valence-electron chi connectivity index (χ2n) is 6.22. The fraction of sp³-hybridized carbons (Fsp3) is 0.842. The topological polar surface area (TPSA) is 66.8 Å². The average Bonchev–Trinajstić information content (AvgIpc) is 2.56. The lowest BCUT2D eigenvalue weighted by Crippen LogP contribution is -2.23. The second kappa shape index (κ2) is 16.0. The number of carbonyl (C=O) groups is 1. The maximum absolute atomic E-state index is 10.9. The Balaban J connectivity index is 3.51. The molecule has 0 aromatic carbocycles. The quantitative estimate of drug-likeness (QED) is 0.269. The molecular weight excluding hydrogens is 292 g/mol.